The van der Waals surface area contributed by atoms with Gasteiger partial charge < -0.3 is 10.5 Å². The van der Waals surface area contributed by atoms with Crippen LogP contribution in [0.25, 0.3) is 0 Å². The third kappa shape index (κ3) is 3.30. The number of carbonyl (C=O) groups is 1. The predicted octanol–water partition coefficient (Wildman–Crippen LogP) is 2.02. The number of carbonyl (C=O) groups excluding carboxylic acids is 1. The van der Waals surface area contributed by atoms with E-state index in [9.17, 15) is 4.79 Å². The van der Waals surface area contributed by atoms with E-state index in [1.807, 2.05) is 0 Å². The van der Waals surface area contributed by atoms with Gasteiger partial charge in [-0.15, -0.1) is 0 Å². The van der Waals surface area contributed by atoms with Gasteiger partial charge in [0.1, 0.15) is 0 Å². The monoisotopic (exact) mass is 227 g/mol. The van der Waals surface area contributed by atoms with E-state index >= 15 is 0 Å². The van der Waals surface area contributed by atoms with E-state index in [-0.39, 0.29) is 5.78 Å². The second-order valence-corrected chi connectivity index (χ2v) is 3.63. The highest BCUT2D eigenvalue weighted by atomic mass is 35.5. The molecule has 1 aromatic carbocycles. The number of ketones is 1. The number of benzene rings is 1. The summed E-state index contributed by atoms with van der Waals surface area (Å²) >= 11 is 5.84. The molecule has 0 saturated heterocycles. The van der Waals surface area contributed by atoms with Crippen LogP contribution in [0.15, 0.2) is 18.2 Å². The maximum Gasteiger partial charge on any atom is 0.164 e. The molecule has 0 aliphatic rings. The third-order valence-corrected chi connectivity index (χ3v) is 2.27. The van der Waals surface area contributed by atoms with E-state index in [2.05, 4.69) is 0 Å². The first-order chi connectivity index (χ1) is 7.19. The topological polar surface area (TPSA) is 52.3 Å². The molecule has 82 valence electrons. The van der Waals surface area contributed by atoms with Crippen LogP contribution in [0.1, 0.15) is 22.3 Å². The van der Waals surface area contributed by atoms with E-state index < -0.39 is 0 Å². The average molecular weight is 228 g/mol. The maximum atomic E-state index is 11.7. The van der Waals surface area contributed by atoms with Gasteiger partial charge in [-0.25, -0.2) is 0 Å². The fraction of sp³-hybridized carbons (Fsp3) is 0.364. The number of halogens is 1. The summed E-state index contributed by atoms with van der Waals surface area (Å²) in [7, 11) is 1.58. The van der Waals surface area contributed by atoms with Gasteiger partial charge in [-0.2, -0.15) is 0 Å². The molecule has 3 nitrogen and oxygen atoms in total. The Morgan fingerprint density at radius 1 is 1.53 bits per heavy atom. The maximum absolute atomic E-state index is 11.7. The zero-order valence-electron chi connectivity index (χ0n) is 8.63. The first-order valence-electron chi connectivity index (χ1n) is 4.69. The van der Waals surface area contributed by atoms with Gasteiger partial charge in [-0.05, 0) is 30.3 Å². The van der Waals surface area contributed by atoms with Crippen LogP contribution in [-0.2, 0) is 11.3 Å². The Labute approximate surface area is 94.2 Å². The molecule has 0 heterocycles. The third-order valence-electron chi connectivity index (χ3n) is 2.04. The van der Waals surface area contributed by atoms with E-state index in [0.29, 0.717) is 30.2 Å². The van der Waals surface area contributed by atoms with Gasteiger partial charge in [0.05, 0.1) is 6.61 Å². The molecule has 1 aromatic rings. The van der Waals surface area contributed by atoms with Crippen LogP contribution in [0.3, 0.4) is 0 Å². The van der Waals surface area contributed by atoms with Crippen LogP contribution in [0.2, 0.25) is 5.02 Å². The lowest BCUT2D eigenvalue weighted by atomic mass is 10.0. The molecule has 4 heteroatoms. The number of hydrogen-bond donors (Lipinski definition) is 1. The summed E-state index contributed by atoms with van der Waals surface area (Å²) in [5, 5.41) is 0.603. The number of Topliss-reactive ketones (excluding diaryl/α,β-unsaturated/α-hetero) is 1. The molecular formula is C11H14ClNO2. The van der Waals surface area contributed by atoms with Crippen LogP contribution in [0, 0.1) is 0 Å². The highest BCUT2D eigenvalue weighted by molar-refractivity contribution is 6.30. The summed E-state index contributed by atoms with van der Waals surface area (Å²) < 4.78 is 5.01. The van der Waals surface area contributed by atoms with E-state index in [0.717, 1.165) is 5.56 Å². The van der Waals surface area contributed by atoms with Crippen LogP contribution in [-0.4, -0.2) is 19.4 Å². The highest BCUT2D eigenvalue weighted by Gasteiger charge is 2.10. The number of nitrogens with two attached hydrogens (primary N) is 1. The predicted molar refractivity (Wildman–Crippen MR) is 60.2 cm³/mol. The molecule has 0 unspecified atom stereocenters. The Hall–Kier alpha value is -0.900. The van der Waals surface area contributed by atoms with Gasteiger partial charge in [-0.1, -0.05) is 11.6 Å². The molecule has 0 aliphatic carbocycles. The van der Waals surface area contributed by atoms with Crippen LogP contribution < -0.4 is 5.73 Å². The Morgan fingerprint density at radius 3 is 2.87 bits per heavy atom. The van der Waals surface area contributed by atoms with Crippen molar-refractivity contribution in [2.24, 2.45) is 5.73 Å². The Morgan fingerprint density at radius 2 is 2.27 bits per heavy atom. The smallest absolute Gasteiger partial charge is 0.164 e. The van der Waals surface area contributed by atoms with E-state index in [1.165, 1.54) is 0 Å². The molecule has 0 aromatic heterocycles. The van der Waals surface area contributed by atoms with Gasteiger partial charge in [0.2, 0.25) is 0 Å². The second kappa shape index (κ2) is 5.85. The minimum atomic E-state index is 0.0289. The molecule has 0 saturated carbocycles. The molecule has 0 bridgehead atoms. The Kier molecular flexibility index (Phi) is 4.75. The highest BCUT2D eigenvalue weighted by Crippen LogP contribution is 2.18. The number of hydrogen-bond acceptors (Lipinski definition) is 3. The van der Waals surface area contributed by atoms with Crippen molar-refractivity contribution < 1.29 is 9.53 Å². The van der Waals surface area contributed by atoms with E-state index in [1.54, 1.807) is 25.3 Å². The number of methoxy groups -OCH3 is 1. The Balaban J connectivity index is 2.99. The summed E-state index contributed by atoms with van der Waals surface area (Å²) in [6.07, 6.45) is 0.346. The van der Waals surface area contributed by atoms with Crippen molar-refractivity contribution in [3.8, 4) is 0 Å². The fourth-order valence-electron chi connectivity index (χ4n) is 1.37. The molecule has 15 heavy (non-hydrogen) atoms. The van der Waals surface area contributed by atoms with Crippen molar-refractivity contribution in [3.05, 3.63) is 34.3 Å². The van der Waals surface area contributed by atoms with E-state index in [4.69, 9.17) is 22.1 Å². The van der Waals surface area contributed by atoms with Crippen molar-refractivity contribution >= 4 is 17.4 Å². The summed E-state index contributed by atoms with van der Waals surface area (Å²) in [6, 6.07) is 5.16. The summed E-state index contributed by atoms with van der Waals surface area (Å²) in [4.78, 5) is 11.7. The number of rotatable bonds is 5. The zero-order valence-corrected chi connectivity index (χ0v) is 9.38. The molecule has 0 spiro atoms. The quantitative estimate of drug-likeness (QED) is 0.783. The average Bonchev–Trinajstić information content (AvgIpc) is 2.18. The minimum Gasteiger partial charge on any atom is -0.380 e. The molecule has 0 fully saturated rings. The summed E-state index contributed by atoms with van der Waals surface area (Å²) in [6.45, 7) is 0.736. The zero-order chi connectivity index (χ0) is 11.3. The van der Waals surface area contributed by atoms with Crippen molar-refractivity contribution in [3.63, 3.8) is 0 Å². The molecule has 2 N–H and O–H groups in total. The lowest BCUT2D eigenvalue weighted by Gasteiger charge is -2.07. The van der Waals surface area contributed by atoms with Crippen LogP contribution >= 0.6 is 11.6 Å². The van der Waals surface area contributed by atoms with Gasteiger partial charge in [-0.3, -0.25) is 4.79 Å². The molecule has 0 aliphatic heterocycles. The lowest BCUT2D eigenvalue weighted by molar-refractivity contribution is 0.0980. The fourth-order valence-corrected chi connectivity index (χ4v) is 1.57. The molecular weight excluding hydrogens is 214 g/mol. The molecule has 0 radical (unpaired) electrons. The Bertz CT molecular complexity index is 352. The standard InChI is InChI=1S/C11H14ClNO2/c1-15-7-8-6-9(12)2-3-10(8)11(14)4-5-13/h2-3,6H,4-5,7,13H2,1H3. The summed E-state index contributed by atoms with van der Waals surface area (Å²) in [5.41, 5.74) is 6.80. The molecule has 1 rings (SSSR count). The normalized spacial score (nSPS) is 10.3. The van der Waals surface area contributed by atoms with Crippen LogP contribution in [0.5, 0.6) is 0 Å². The van der Waals surface area contributed by atoms with Gasteiger partial charge in [0, 0.05) is 24.1 Å². The second-order valence-electron chi connectivity index (χ2n) is 3.20. The molecule has 0 atom stereocenters. The SMILES string of the molecule is COCc1cc(Cl)ccc1C(=O)CCN. The van der Waals surface area contributed by atoms with Gasteiger partial charge >= 0.3 is 0 Å². The van der Waals surface area contributed by atoms with Gasteiger partial charge in [0.25, 0.3) is 0 Å². The van der Waals surface area contributed by atoms with Crippen molar-refractivity contribution in [1.82, 2.24) is 0 Å². The van der Waals surface area contributed by atoms with Crippen molar-refractivity contribution in [2.75, 3.05) is 13.7 Å². The van der Waals surface area contributed by atoms with Crippen LogP contribution in [0.4, 0.5) is 0 Å². The first kappa shape index (κ1) is 12.2. The number of ether oxygens (including phenoxy) is 1. The summed E-state index contributed by atoms with van der Waals surface area (Å²) in [5.74, 6) is 0.0289. The van der Waals surface area contributed by atoms with Gasteiger partial charge in [0.15, 0.2) is 5.78 Å². The lowest BCUT2D eigenvalue weighted by Crippen LogP contribution is -2.10. The van der Waals surface area contributed by atoms with Crippen molar-refractivity contribution in [2.45, 2.75) is 13.0 Å². The minimum absolute atomic E-state index is 0.0289. The molecule has 0 amide bonds. The first-order valence-corrected chi connectivity index (χ1v) is 5.07. The van der Waals surface area contributed by atoms with Crippen molar-refractivity contribution in [1.29, 1.82) is 0 Å². The largest absolute Gasteiger partial charge is 0.380 e.